The van der Waals surface area contributed by atoms with Crippen molar-refractivity contribution in [3.8, 4) is 0 Å². The number of benzene rings is 1. The smallest absolute Gasteiger partial charge is 0.123 e. The zero-order valence-corrected chi connectivity index (χ0v) is 10.4. The van der Waals surface area contributed by atoms with Gasteiger partial charge in [0.15, 0.2) is 0 Å². The Labute approximate surface area is 106 Å². The molecule has 0 bridgehead atoms. The summed E-state index contributed by atoms with van der Waals surface area (Å²) in [7, 11) is 0. The van der Waals surface area contributed by atoms with Crippen molar-refractivity contribution in [3.05, 3.63) is 34.6 Å². The Morgan fingerprint density at radius 1 is 1.50 bits per heavy atom. The second kappa shape index (κ2) is 5.82. The molecule has 0 aromatic heterocycles. The van der Waals surface area contributed by atoms with Gasteiger partial charge >= 0.3 is 0 Å². The first-order valence-corrected chi connectivity index (χ1v) is 5.45. The standard InChI is InChI=1S/C11H14ClFN2.ClH/c12-11-2-1-9(13)5-8(11)6-15-4-3-10(14)7-15;/h1-2,5,10H,3-4,6-7,14H2;1H/t10-;/m0./s1. The first-order chi connectivity index (χ1) is 7.15. The van der Waals surface area contributed by atoms with Crippen molar-refractivity contribution in [1.82, 2.24) is 4.90 Å². The van der Waals surface area contributed by atoms with Crippen LogP contribution in [0.1, 0.15) is 12.0 Å². The third-order valence-electron chi connectivity index (χ3n) is 2.71. The number of rotatable bonds is 2. The van der Waals surface area contributed by atoms with Crippen LogP contribution in [0.5, 0.6) is 0 Å². The molecule has 0 aliphatic carbocycles. The Hall–Kier alpha value is -0.350. The quantitative estimate of drug-likeness (QED) is 0.889. The van der Waals surface area contributed by atoms with E-state index in [0.29, 0.717) is 11.6 Å². The van der Waals surface area contributed by atoms with Crippen molar-refractivity contribution in [2.24, 2.45) is 5.73 Å². The van der Waals surface area contributed by atoms with Gasteiger partial charge in [-0.15, -0.1) is 12.4 Å². The Balaban J connectivity index is 0.00000128. The topological polar surface area (TPSA) is 29.3 Å². The summed E-state index contributed by atoms with van der Waals surface area (Å²) in [5.74, 6) is -0.238. The lowest BCUT2D eigenvalue weighted by Gasteiger charge is -2.15. The van der Waals surface area contributed by atoms with E-state index in [9.17, 15) is 4.39 Å². The summed E-state index contributed by atoms with van der Waals surface area (Å²) >= 11 is 5.99. The molecule has 0 spiro atoms. The number of likely N-dealkylation sites (tertiary alicyclic amines) is 1. The number of halogens is 3. The highest BCUT2D eigenvalue weighted by Crippen LogP contribution is 2.20. The van der Waals surface area contributed by atoms with Gasteiger partial charge in [-0.2, -0.15) is 0 Å². The van der Waals surface area contributed by atoms with Crippen LogP contribution in [0.25, 0.3) is 0 Å². The minimum Gasteiger partial charge on any atom is -0.326 e. The maximum atomic E-state index is 13.0. The van der Waals surface area contributed by atoms with Crippen LogP contribution < -0.4 is 5.73 Å². The second-order valence-electron chi connectivity index (χ2n) is 4.02. The van der Waals surface area contributed by atoms with Crippen molar-refractivity contribution in [1.29, 1.82) is 0 Å². The van der Waals surface area contributed by atoms with E-state index in [0.717, 1.165) is 25.1 Å². The molecule has 2 nitrogen and oxygen atoms in total. The van der Waals surface area contributed by atoms with Crippen molar-refractivity contribution >= 4 is 24.0 Å². The Kier molecular flexibility index (Phi) is 4.99. The van der Waals surface area contributed by atoms with Crippen LogP contribution in [0.2, 0.25) is 5.02 Å². The van der Waals surface area contributed by atoms with Gasteiger partial charge in [-0.3, -0.25) is 4.90 Å². The van der Waals surface area contributed by atoms with Crippen LogP contribution >= 0.6 is 24.0 Å². The molecule has 1 aliphatic rings. The fraction of sp³-hybridized carbons (Fsp3) is 0.455. The van der Waals surface area contributed by atoms with Crippen LogP contribution in [-0.2, 0) is 6.54 Å². The highest BCUT2D eigenvalue weighted by atomic mass is 35.5. The zero-order valence-electron chi connectivity index (χ0n) is 8.83. The van der Waals surface area contributed by atoms with Gasteiger partial charge in [-0.05, 0) is 30.2 Å². The fourth-order valence-electron chi connectivity index (χ4n) is 1.91. The van der Waals surface area contributed by atoms with Crippen molar-refractivity contribution < 1.29 is 4.39 Å². The Morgan fingerprint density at radius 2 is 2.25 bits per heavy atom. The first-order valence-electron chi connectivity index (χ1n) is 5.07. The van der Waals surface area contributed by atoms with Gasteiger partial charge in [-0.25, -0.2) is 4.39 Å². The van der Waals surface area contributed by atoms with Crippen LogP contribution in [0.15, 0.2) is 18.2 Å². The summed E-state index contributed by atoms with van der Waals surface area (Å²) in [6, 6.07) is 4.72. The minimum absolute atomic E-state index is 0. The van der Waals surface area contributed by atoms with Crippen LogP contribution in [-0.4, -0.2) is 24.0 Å². The van der Waals surface area contributed by atoms with E-state index < -0.39 is 0 Å². The highest BCUT2D eigenvalue weighted by molar-refractivity contribution is 6.31. The molecule has 2 rings (SSSR count). The fourth-order valence-corrected chi connectivity index (χ4v) is 2.09. The monoisotopic (exact) mass is 264 g/mol. The maximum Gasteiger partial charge on any atom is 0.123 e. The van der Waals surface area contributed by atoms with E-state index in [-0.39, 0.29) is 24.3 Å². The molecular weight excluding hydrogens is 250 g/mol. The molecule has 1 aliphatic heterocycles. The van der Waals surface area contributed by atoms with E-state index in [1.165, 1.54) is 12.1 Å². The molecule has 1 heterocycles. The number of nitrogens with two attached hydrogens (primary N) is 1. The summed E-state index contributed by atoms with van der Waals surface area (Å²) < 4.78 is 13.0. The lowest BCUT2D eigenvalue weighted by molar-refractivity contribution is 0.326. The number of hydrogen-bond acceptors (Lipinski definition) is 2. The summed E-state index contributed by atoms with van der Waals surface area (Å²) in [4.78, 5) is 2.20. The van der Waals surface area contributed by atoms with Gasteiger partial charge < -0.3 is 5.73 Å². The van der Waals surface area contributed by atoms with E-state index in [2.05, 4.69) is 4.90 Å². The number of hydrogen-bond donors (Lipinski definition) is 1. The summed E-state index contributed by atoms with van der Waals surface area (Å²) in [5.41, 5.74) is 6.64. The molecule has 90 valence electrons. The molecule has 1 saturated heterocycles. The van der Waals surface area contributed by atoms with Gasteiger partial charge in [0.1, 0.15) is 5.82 Å². The molecule has 2 N–H and O–H groups in total. The van der Waals surface area contributed by atoms with E-state index in [1.807, 2.05) is 0 Å². The first kappa shape index (κ1) is 13.7. The third kappa shape index (κ3) is 3.32. The Bertz CT molecular complexity index is 360. The van der Waals surface area contributed by atoms with Crippen molar-refractivity contribution in [2.75, 3.05) is 13.1 Å². The molecular formula is C11H15Cl2FN2. The van der Waals surface area contributed by atoms with Gasteiger partial charge in [-0.1, -0.05) is 11.6 Å². The van der Waals surface area contributed by atoms with Crippen LogP contribution in [0.3, 0.4) is 0 Å². The molecule has 0 amide bonds. The molecule has 1 aromatic carbocycles. The summed E-state index contributed by atoms with van der Waals surface area (Å²) in [6.07, 6.45) is 1.01. The molecule has 0 saturated carbocycles. The summed E-state index contributed by atoms with van der Waals surface area (Å²) in [6.45, 7) is 2.52. The average Bonchev–Trinajstić information content (AvgIpc) is 2.58. The molecule has 16 heavy (non-hydrogen) atoms. The van der Waals surface area contributed by atoms with Gasteiger partial charge in [0.05, 0.1) is 0 Å². The average molecular weight is 265 g/mol. The van der Waals surface area contributed by atoms with Crippen molar-refractivity contribution in [3.63, 3.8) is 0 Å². The molecule has 0 radical (unpaired) electrons. The van der Waals surface area contributed by atoms with E-state index in [1.54, 1.807) is 6.07 Å². The summed E-state index contributed by atoms with van der Waals surface area (Å²) in [5, 5.41) is 0.622. The normalized spacial score (nSPS) is 20.8. The van der Waals surface area contributed by atoms with E-state index in [4.69, 9.17) is 17.3 Å². The van der Waals surface area contributed by atoms with Crippen LogP contribution in [0.4, 0.5) is 4.39 Å². The van der Waals surface area contributed by atoms with E-state index >= 15 is 0 Å². The van der Waals surface area contributed by atoms with Gasteiger partial charge in [0.25, 0.3) is 0 Å². The largest absolute Gasteiger partial charge is 0.326 e. The van der Waals surface area contributed by atoms with Gasteiger partial charge in [0, 0.05) is 30.7 Å². The predicted octanol–water partition coefficient (Wildman–Crippen LogP) is 2.43. The highest BCUT2D eigenvalue weighted by Gasteiger charge is 2.19. The molecule has 0 unspecified atom stereocenters. The molecule has 5 heteroatoms. The lowest BCUT2D eigenvalue weighted by atomic mass is 10.2. The number of nitrogens with zero attached hydrogens (tertiary/aromatic N) is 1. The SMILES string of the molecule is Cl.N[C@H]1CCN(Cc2cc(F)ccc2Cl)C1. The maximum absolute atomic E-state index is 13.0. The van der Waals surface area contributed by atoms with Gasteiger partial charge in [0.2, 0.25) is 0 Å². The zero-order chi connectivity index (χ0) is 10.8. The molecule has 1 aromatic rings. The van der Waals surface area contributed by atoms with Crippen molar-refractivity contribution in [2.45, 2.75) is 19.0 Å². The van der Waals surface area contributed by atoms with Crippen LogP contribution in [0, 0.1) is 5.82 Å². The Morgan fingerprint density at radius 3 is 2.88 bits per heavy atom. The minimum atomic E-state index is -0.238. The second-order valence-corrected chi connectivity index (χ2v) is 4.43. The third-order valence-corrected chi connectivity index (χ3v) is 3.08. The molecule has 1 atom stereocenters. The lowest BCUT2D eigenvalue weighted by Crippen LogP contribution is -2.26. The predicted molar refractivity (Wildman–Crippen MR) is 66.5 cm³/mol. The molecule has 1 fully saturated rings.